The van der Waals surface area contributed by atoms with Gasteiger partial charge in [0.2, 0.25) is 15.9 Å². The largest absolute Gasteiger partial charge is 0.486 e. The highest BCUT2D eigenvalue weighted by Gasteiger charge is 2.29. The van der Waals surface area contributed by atoms with Crippen molar-refractivity contribution in [1.29, 1.82) is 0 Å². The summed E-state index contributed by atoms with van der Waals surface area (Å²) in [5.74, 6) is -0.372. The summed E-state index contributed by atoms with van der Waals surface area (Å²) < 4.78 is 46.1. The van der Waals surface area contributed by atoms with Crippen LogP contribution in [0.15, 0.2) is 65.7 Å². The summed E-state index contributed by atoms with van der Waals surface area (Å²) in [6.45, 7) is 0.411. The molecule has 156 valence electrons. The molecule has 4 rings (SSSR count). The van der Waals surface area contributed by atoms with Gasteiger partial charge in [-0.3, -0.25) is 9.78 Å². The maximum Gasteiger partial charge on any atom is 0.241 e. The zero-order valence-electron chi connectivity index (χ0n) is 16.0. The van der Waals surface area contributed by atoms with Crippen LogP contribution in [-0.4, -0.2) is 49.9 Å². The number of carbonyl (C=O) groups excluding carboxylic acids is 1. The maximum absolute atomic E-state index is 13.3. The van der Waals surface area contributed by atoms with Gasteiger partial charge in [-0.25, -0.2) is 17.5 Å². The minimum atomic E-state index is -3.97. The lowest BCUT2D eigenvalue weighted by atomic mass is 10.2. The molecule has 0 aliphatic carbocycles. The average Bonchev–Trinajstić information content (AvgIpc) is 3.21. The van der Waals surface area contributed by atoms with Gasteiger partial charge < -0.3 is 9.64 Å². The zero-order chi connectivity index (χ0) is 21.1. The predicted octanol–water partition coefficient (Wildman–Crippen LogP) is 2.33. The Morgan fingerprint density at radius 2 is 2.00 bits per heavy atom. The topological polar surface area (TPSA) is 88.6 Å². The molecular formula is C21H20FN3O4S. The molecule has 9 heteroatoms. The first-order valence-corrected chi connectivity index (χ1v) is 10.9. The number of sulfonamides is 1. The number of nitrogens with one attached hydrogen (secondary N) is 1. The lowest BCUT2D eigenvalue weighted by Crippen LogP contribution is -2.39. The van der Waals surface area contributed by atoms with Gasteiger partial charge in [0.15, 0.2) is 0 Å². The molecular weight excluding hydrogens is 409 g/mol. The molecule has 1 aromatic heterocycles. The summed E-state index contributed by atoms with van der Waals surface area (Å²) >= 11 is 0. The quantitative estimate of drug-likeness (QED) is 0.650. The van der Waals surface area contributed by atoms with Crippen molar-refractivity contribution >= 4 is 26.8 Å². The van der Waals surface area contributed by atoms with E-state index < -0.39 is 22.4 Å². The zero-order valence-corrected chi connectivity index (χ0v) is 16.8. The maximum atomic E-state index is 13.3. The van der Waals surface area contributed by atoms with Crippen molar-refractivity contribution < 1.29 is 22.3 Å². The third-order valence-corrected chi connectivity index (χ3v) is 6.31. The second-order valence-corrected chi connectivity index (χ2v) is 8.75. The number of aromatic nitrogens is 1. The molecule has 1 N–H and O–H groups in total. The van der Waals surface area contributed by atoms with Gasteiger partial charge in [-0.15, -0.1) is 0 Å². The van der Waals surface area contributed by atoms with Crippen LogP contribution in [0.25, 0.3) is 10.9 Å². The monoisotopic (exact) mass is 429 g/mol. The fraction of sp³-hybridized carbons (Fsp3) is 0.238. The highest BCUT2D eigenvalue weighted by atomic mass is 32.2. The van der Waals surface area contributed by atoms with Crippen LogP contribution in [0.2, 0.25) is 0 Å². The molecule has 1 unspecified atom stereocenters. The lowest BCUT2D eigenvalue weighted by Gasteiger charge is -2.18. The van der Waals surface area contributed by atoms with E-state index in [1.807, 2.05) is 30.3 Å². The Morgan fingerprint density at radius 3 is 2.83 bits per heavy atom. The number of para-hydroxylation sites is 1. The molecule has 1 aliphatic rings. The van der Waals surface area contributed by atoms with Crippen LogP contribution in [0.4, 0.5) is 4.39 Å². The van der Waals surface area contributed by atoms with Gasteiger partial charge in [0.1, 0.15) is 23.2 Å². The summed E-state index contributed by atoms with van der Waals surface area (Å²) in [6, 6.07) is 14.1. The molecule has 2 heterocycles. The van der Waals surface area contributed by atoms with E-state index in [1.54, 1.807) is 11.1 Å². The minimum Gasteiger partial charge on any atom is -0.486 e. The van der Waals surface area contributed by atoms with E-state index in [4.69, 9.17) is 4.74 Å². The summed E-state index contributed by atoms with van der Waals surface area (Å²) in [5.41, 5.74) is 0.757. The first kappa shape index (κ1) is 20.2. The molecule has 3 aromatic rings. The summed E-state index contributed by atoms with van der Waals surface area (Å²) in [7, 11) is -3.97. The van der Waals surface area contributed by atoms with Crippen molar-refractivity contribution in [3.05, 3.63) is 66.6 Å². The van der Waals surface area contributed by atoms with Gasteiger partial charge in [0.05, 0.1) is 18.0 Å². The van der Waals surface area contributed by atoms with Gasteiger partial charge in [-0.05, 0) is 30.3 Å². The van der Waals surface area contributed by atoms with Crippen LogP contribution < -0.4 is 9.46 Å². The van der Waals surface area contributed by atoms with E-state index in [0.29, 0.717) is 25.3 Å². The smallest absolute Gasteiger partial charge is 0.241 e. The Labute approximate surface area is 173 Å². The number of nitrogens with zero attached hydrogens (tertiary/aromatic N) is 2. The highest BCUT2D eigenvalue weighted by Crippen LogP contribution is 2.26. The Morgan fingerprint density at radius 1 is 1.20 bits per heavy atom. The van der Waals surface area contributed by atoms with Crippen molar-refractivity contribution in [1.82, 2.24) is 14.6 Å². The molecule has 1 aliphatic heterocycles. The molecule has 0 saturated carbocycles. The van der Waals surface area contributed by atoms with E-state index in [2.05, 4.69) is 9.71 Å². The molecule has 30 heavy (non-hydrogen) atoms. The number of fused-ring (bicyclic) bond motifs is 1. The molecule has 1 saturated heterocycles. The fourth-order valence-corrected chi connectivity index (χ4v) is 4.39. The number of hydrogen-bond acceptors (Lipinski definition) is 5. The molecule has 1 fully saturated rings. The summed E-state index contributed by atoms with van der Waals surface area (Å²) in [4.78, 5) is 18.1. The number of carbonyl (C=O) groups is 1. The van der Waals surface area contributed by atoms with E-state index in [9.17, 15) is 17.6 Å². The Kier molecular flexibility index (Phi) is 5.65. The van der Waals surface area contributed by atoms with Crippen molar-refractivity contribution in [2.24, 2.45) is 0 Å². The van der Waals surface area contributed by atoms with E-state index in [1.165, 1.54) is 12.1 Å². The number of ether oxygens (including phenoxy) is 1. The Balaban J connectivity index is 1.35. The molecule has 1 atom stereocenters. The number of benzene rings is 2. The number of amides is 1. The second kappa shape index (κ2) is 8.37. The van der Waals surface area contributed by atoms with Gasteiger partial charge in [-0.1, -0.05) is 24.3 Å². The van der Waals surface area contributed by atoms with Gasteiger partial charge >= 0.3 is 0 Å². The van der Waals surface area contributed by atoms with Crippen LogP contribution in [-0.2, 0) is 14.8 Å². The number of pyridine rings is 1. The summed E-state index contributed by atoms with van der Waals surface area (Å²) in [5, 5.41) is 0.965. The first-order valence-electron chi connectivity index (χ1n) is 9.46. The number of likely N-dealkylation sites (tertiary alicyclic amines) is 1. The standard InChI is InChI=1S/C21H20FN3O4S/c22-16-6-2-7-18(12-16)30(27,28)24-13-20(26)25-11-9-17(14-25)29-19-8-1-4-15-5-3-10-23-21(15)19/h1-8,10,12,17,24H,9,11,13-14H2. The van der Waals surface area contributed by atoms with E-state index >= 15 is 0 Å². The van der Waals surface area contributed by atoms with Crippen LogP contribution >= 0.6 is 0 Å². The van der Waals surface area contributed by atoms with Crippen LogP contribution in [0.3, 0.4) is 0 Å². The van der Waals surface area contributed by atoms with Gasteiger partial charge in [-0.2, -0.15) is 0 Å². The average molecular weight is 429 g/mol. The number of halogens is 1. The van der Waals surface area contributed by atoms with Crippen LogP contribution in [0.1, 0.15) is 6.42 Å². The van der Waals surface area contributed by atoms with Crippen LogP contribution in [0.5, 0.6) is 5.75 Å². The van der Waals surface area contributed by atoms with Gasteiger partial charge in [0, 0.05) is 24.5 Å². The molecule has 0 spiro atoms. The number of hydrogen-bond donors (Lipinski definition) is 1. The van der Waals surface area contributed by atoms with E-state index in [0.717, 1.165) is 23.0 Å². The highest BCUT2D eigenvalue weighted by molar-refractivity contribution is 7.89. The van der Waals surface area contributed by atoms with Crippen LogP contribution in [0, 0.1) is 5.82 Å². The Bertz CT molecular complexity index is 1180. The van der Waals surface area contributed by atoms with Crippen molar-refractivity contribution in [2.45, 2.75) is 17.4 Å². The molecule has 0 bridgehead atoms. The minimum absolute atomic E-state index is 0.207. The lowest BCUT2D eigenvalue weighted by molar-refractivity contribution is -0.129. The molecule has 2 aromatic carbocycles. The van der Waals surface area contributed by atoms with Crippen molar-refractivity contribution in [3.63, 3.8) is 0 Å². The molecule has 7 nitrogen and oxygen atoms in total. The predicted molar refractivity (Wildman–Crippen MR) is 109 cm³/mol. The van der Waals surface area contributed by atoms with Crippen molar-refractivity contribution in [3.8, 4) is 5.75 Å². The fourth-order valence-electron chi connectivity index (χ4n) is 3.39. The first-order chi connectivity index (χ1) is 14.4. The molecule has 0 radical (unpaired) electrons. The van der Waals surface area contributed by atoms with Gasteiger partial charge in [0.25, 0.3) is 0 Å². The number of rotatable bonds is 6. The normalized spacial score (nSPS) is 16.7. The van der Waals surface area contributed by atoms with Crippen molar-refractivity contribution in [2.75, 3.05) is 19.6 Å². The molecule has 1 amide bonds. The third kappa shape index (κ3) is 4.42. The van der Waals surface area contributed by atoms with E-state index in [-0.39, 0.29) is 16.9 Å². The summed E-state index contributed by atoms with van der Waals surface area (Å²) in [6.07, 6.45) is 2.12. The second-order valence-electron chi connectivity index (χ2n) is 6.98. The SMILES string of the molecule is O=C(CNS(=O)(=O)c1cccc(F)c1)N1CCC(Oc2cccc3cccnc23)C1. The Hall–Kier alpha value is -3.04. The third-order valence-electron chi connectivity index (χ3n) is 4.91.